The van der Waals surface area contributed by atoms with Crippen LogP contribution in [-0.2, 0) is 12.8 Å². The Balaban J connectivity index is 1.47. The fraction of sp³-hybridized carbons (Fsp3) is 0.409. The van der Waals surface area contributed by atoms with Gasteiger partial charge in [-0.2, -0.15) is 0 Å². The molecule has 0 fully saturated rings. The Morgan fingerprint density at radius 2 is 1.96 bits per heavy atom. The smallest absolute Gasteiger partial charge is 0.0454 e. The molecule has 1 aromatic carbocycles. The van der Waals surface area contributed by atoms with E-state index in [0.717, 1.165) is 12.3 Å². The van der Waals surface area contributed by atoms with Gasteiger partial charge in [0.2, 0.25) is 0 Å². The Morgan fingerprint density at radius 1 is 1.08 bits per heavy atom. The Labute approximate surface area is 144 Å². The molecular weight excluding hydrogens is 292 g/mol. The van der Waals surface area contributed by atoms with Crippen molar-refractivity contribution in [1.82, 2.24) is 9.97 Å². The zero-order chi connectivity index (χ0) is 16.7. The van der Waals surface area contributed by atoms with Gasteiger partial charge < -0.3 is 4.98 Å². The molecule has 24 heavy (non-hydrogen) atoms. The van der Waals surface area contributed by atoms with Gasteiger partial charge in [-0.25, -0.2) is 0 Å². The van der Waals surface area contributed by atoms with Gasteiger partial charge in [-0.3, -0.25) is 4.98 Å². The normalized spacial score (nSPS) is 18.2. The maximum atomic E-state index is 4.74. The summed E-state index contributed by atoms with van der Waals surface area (Å²) >= 11 is 0. The van der Waals surface area contributed by atoms with Crippen molar-refractivity contribution in [2.75, 3.05) is 0 Å². The molecule has 124 valence electrons. The van der Waals surface area contributed by atoms with Gasteiger partial charge in [-0.1, -0.05) is 32.9 Å². The molecule has 4 rings (SSSR count). The number of hydrogen-bond acceptors (Lipinski definition) is 1. The summed E-state index contributed by atoms with van der Waals surface area (Å²) in [6, 6.07) is 11.4. The molecule has 0 radical (unpaired) electrons. The van der Waals surface area contributed by atoms with Crippen LogP contribution in [0.3, 0.4) is 0 Å². The van der Waals surface area contributed by atoms with E-state index < -0.39 is 0 Å². The fourth-order valence-corrected chi connectivity index (χ4v) is 4.07. The molecular formula is C22H26N2. The molecule has 0 bridgehead atoms. The van der Waals surface area contributed by atoms with E-state index in [1.807, 2.05) is 6.20 Å². The molecule has 3 aromatic rings. The topological polar surface area (TPSA) is 28.7 Å². The third-order valence-corrected chi connectivity index (χ3v) is 5.57. The van der Waals surface area contributed by atoms with Crippen LogP contribution in [0.15, 0.2) is 42.7 Å². The highest BCUT2D eigenvalue weighted by molar-refractivity contribution is 5.80. The van der Waals surface area contributed by atoms with E-state index in [1.165, 1.54) is 46.1 Å². The predicted molar refractivity (Wildman–Crippen MR) is 101 cm³/mol. The summed E-state index contributed by atoms with van der Waals surface area (Å²) in [5.41, 5.74) is 6.87. The quantitative estimate of drug-likeness (QED) is 0.667. The summed E-state index contributed by atoms with van der Waals surface area (Å²) in [7, 11) is 0. The lowest BCUT2D eigenvalue weighted by atomic mass is 9.88. The van der Waals surface area contributed by atoms with Crippen LogP contribution in [-0.4, -0.2) is 9.97 Å². The molecule has 1 aliphatic rings. The minimum atomic E-state index is 0.564. The van der Waals surface area contributed by atoms with Gasteiger partial charge >= 0.3 is 0 Å². The number of aromatic nitrogens is 2. The van der Waals surface area contributed by atoms with Crippen LogP contribution in [0.1, 0.15) is 61.4 Å². The SMILES string of the molecule is CC(C)c1cnc2c(c1)CC(CC(C)c1ccc3[nH]ccc3c1)C2. The van der Waals surface area contributed by atoms with Crippen LogP contribution in [0.2, 0.25) is 0 Å². The van der Waals surface area contributed by atoms with E-state index in [0.29, 0.717) is 11.8 Å². The molecule has 2 heterocycles. The lowest BCUT2D eigenvalue weighted by Crippen LogP contribution is -2.05. The van der Waals surface area contributed by atoms with Gasteiger partial charge in [0, 0.05) is 23.6 Å². The lowest BCUT2D eigenvalue weighted by Gasteiger charge is -2.16. The van der Waals surface area contributed by atoms with E-state index in [-0.39, 0.29) is 0 Å². The molecule has 1 N–H and O–H groups in total. The average Bonchev–Trinajstić information content (AvgIpc) is 3.18. The summed E-state index contributed by atoms with van der Waals surface area (Å²) in [5.74, 6) is 1.88. The van der Waals surface area contributed by atoms with E-state index in [2.05, 4.69) is 62.3 Å². The second-order valence-corrected chi connectivity index (χ2v) is 7.76. The number of benzene rings is 1. The molecule has 2 aromatic heterocycles. The molecule has 1 aliphatic carbocycles. The van der Waals surface area contributed by atoms with Crippen LogP contribution in [0.25, 0.3) is 10.9 Å². The summed E-state index contributed by atoms with van der Waals surface area (Å²) < 4.78 is 0. The first kappa shape index (κ1) is 15.4. The summed E-state index contributed by atoms with van der Waals surface area (Å²) in [6.07, 6.45) is 7.67. The van der Waals surface area contributed by atoms with Crippen LogP contribution in [0, 0.1) is 5.92 Å². The van der Waals surface area contributed by atoms with Gasteiger partial charge in [0.1, 0.15) is 0 Å². The number of rotatable bonds is 4. The Hall–Kier alpha value is -2.09. The zero-order valence-corrected chi connectivity index (χ0v) is 14.8. The molecule has 0 saturated carbocycles. The molecule has 2 atom stereocenters. The summed E-state index contributed by atoms with van der Waals surface area (Å²) in [6.45, 7) is 6.86. The van der Waals surface area contributed by atoms with Crippen molar-refractivity contribution in [2.45, 2.75) is 51.9 Å². The van der Waals surface area contributed by atoms with E-state index in [4.69, 9.17) is 4.98 Å². The van der Waals surface area contributed by atoms with Crippen LogP contribution in [0.5, 0.6) is 0 Å². The number of H-pyrrole nitrogens is 1. The first-order valence-electron chi connectivity index (χ1n) is 9.15. The summed E-state index contributed by atoms with van der Waals surface area (Å²) in [5, 5.41) is 1.32. The Bertz CT molecular complexity index is 859. The summed E-state index contributed by atoms with van der Waals surface area (Å²) in [4.78, 5) is 8.02. The monoisotopic (exact) mass is 318 g/mol. The molecule has 2 nitrogen and oxygen atoms in total. The standard InChI is InChI=1S/C22H26N2/c1-14(2)20-12-19-9-16(10-22(19)24-13-20)8-15(3)17-4-5-21-18(11-17)6-7-23-21/h4-7,11-16,23H,8-10H2,1-3H3. The zero-order valence-electron chi connectivity index (χ0n) is 14.8. The van der Waals surface area contributed by atoms with Gasteiger partial charge in [-0.15, -0.1) is 0 Å². The maximum absolute atomic E-state index is 4.74. The first-order chi connectivity index (χ1) is 11.6. The number of nitrogens with zero attached hydrogens (tertiary/aromatic N) is 1. The minimum Gasteiger partial charge on any atom is -0.361 e. The van der Waals surface area contributed by atoms with Crippen molar-refractivity contribution in [2.24, 2.45) is 5.92 Å². The van der Waals surface area contributed by atoms with Crippen LogP contribution in [0.4, 0.5) is 0 Å². The second-order valence-electron chi connectivity index (χ2n) is 7.76. The third kappa shape index (κ3) is 2.86. The average molecular weight is 318 g/mol. The molecule has 2 heteroatoms. The second kappa shape index (κ2) is 6.08. The third-order valence-electron chi connectivity index (χ3n) is 5.57. The maximum Gasteiger partial charge on any atom is 0.0454 e. The number of nitrogens with one attached hydrogen (secondary N) is 1. The molecule has 0 aliphatic heterocycles. The number of aromatic amines is 1. The van der Waals surface area contributed by atoms with E-state index in [9.17, 15) is 0 Å². The van der Waals surface area contributed by atoms with Crippen LogP contribution >= 0.6 is 0 Å². The fourth-order valence-electron chi connectivity index (χ4n) is 4.07. The highest BCUT2D eigenvalue weighted by atomic mass is 14.7. The van der Waals surface area contributed by atoms with Crippen molar-refractivity contribution in [3.8, 4) is 0 Å². The Kier molecular flexibility index (Phi) is 3.91. The molecule has 0 saturated heterocycles. The van der Waals surface area contributed by atoms with Gasteiger partial charge in [-0.05, 0) is 77.3 Å². The first-order valence-corrected chi connectivity index (χ1v) is 9.15. The molecule has 2 unspecified atom stereocenters. The van der Waals surface area contributed by atoms with Crippen molar-refractivity contribution < 1.29 is 0 Å². The highest BCUT2D eigenvalue weighted by Crippen LogP contribution is 2.34. The largest absolute Gasteiger partial charge is 0.361 e. The Morgan fingerprint density at radius 3 is 2.79 bits per heavy atom. The van der Waals surface area contributed by atoms with Crippen molar-refractivity contribution >= 4 is 10.9 Å². The lowest BCUT2D eigenvalue weighted by molar-refractivity contribution is 0.467. The van der Waals surface area contributed by atoms with E-state index >= 15 is 0 Å². The predicted octanol–water partition coefficient (Wildman–Crippen LogP) is 5.59. The highest BCUT2D eigenvalue weighted by Gasteiger charge is 2.25. The van der Waals surface area contributed by atoms with Crippen LogP contribution < -0.4 is 0 Å². The molecule has 0 spiro atoms. The number of fused-ring (bicyclic) bond motifs is 2. The van der Waals surface area contributed by atoms with Gasteiger partial charge in [0.15, 0.2) is 0 Å². The van der Waals surface area contributed by atoms with Crippen molar-refractivity contribution in [3.63, 3.8) is 0 Å². The van der Waals surface area contributed by atoms with Crippen molar-refractivity contribution in [3.05, 3.63) is 65.1 Å². The van der Waals surface area contributed by atoms with Crippen molar-refractivity contribution in [1.29, 1.82) is 0 Å². The van der Waals surface area contributed by atoms with Gasteiger partial charge in [0.05, 0.1) is 0 Å². The molecule has 0 amide bonds. The number of hydrogen-bond donors (Lipinski definition) is 1. The number of pyridine rings is 1. The minimum absolute atomic E-state index is 0.564. The van der Waals surface area contributed by atoms with Gasteiger partial charge in [0.25, 0.3) is 0 Å². The van der Waals surface area contributed by atoms with E-state index in [1.54, 1.807) is 0 Å².